The van der Waals surface area contributed by atoms with Gasteiger partial charge in [-0.15, -0.1) is 0 Å². The zero-order valence-corrected chi connectivity index (χ0v) is 49.1. The van der Waals surface area contributed by atoms with Gasteiger partial charge < -0.3 is 62.3 Å². The van der Waals surface area contributed by atoms with Crippen LogP contribution < -0.4 is 43.6 Å². The van der Waals surface area contributed by atoms with Crippen LogP contribution >= 0.6 is 0 Å². The number of amides is 5. The van der Waals surface area contributed by atoms with Gasteiger partial charge in [-0.3, -0.25) is 58.7 Å². The Kier molecular flexibility index (Phi) is 21.9. The Labute approximate surface area is 487 Å². The van der Waals surface area contributed by atoms with E-state index in [0.717, 1.165) is 44.0 Å². The number of aromatic amines is 2. The van der Waals surface area contributed by atoms with Gasteiger partial charge in [0.05, 0.1) is 48.8 Å². The highest BCUT2D eigenvalue weighted by molar-refractivity contribution is 6.40. The summed E-state index contributed by atoms with van der Waals surface area (Å²) in [5.41, 5.74) is 23.6. The van der Waals surface area contributed by atoms with Crippen molar-refractivity contribution in [3.63, 3.8) is 0 Å². The molecule has 0 aromatic carbocycles. The first-order chi connectivity index (χ1) is 40.1. The van der Waals surface area contributed by atoms with Gasteiger partial charge >= 0.3 is 18.0 Å². The van der Waals surface area contributed by atoms with Crippen molar-refractivity contribution >= 4 is 81.1 Å². The molecule has 0 saturated carbocycles. The van der Waals surface area contributed by atoms with E-state index in [9.17, 15) is 48.3 Å². The van der Waals surface area contributed by atoms with Crippen molar-refractivity contribution in [2.24, 2.45) is 16.5 Å². The summed E-state index contributed by atoms with van der Waals surface area (Å²) in [5, 5.41) is 20.1. The number of aliphatic imine (C=N–C) groups is 1. The molecule has 5 aliphatic rings. The molecular formula is C58H81N15O11. The quantitative estimate of drug-likeness (QED) is 0.0347. The Morgan fingerprint density at radius 2 is 1.45 bits per heavy atom. The van der Waals surface area contributed by atoms with Crippen molar-refractivity contribution in [1.29, 1.82) is 0 Å². The van der Waals surface area contributed by atoms with Crippen LogP contribution in [0.1, 0.15) is 163 Å². The molecule has 1 fully saturated rings. The van der Waals surface area contributed by atoms with Crippen LogP contribution in [0.3, 0.4) is 0 Å². The fourth-order valence-electron chi connectivity index (χ4n) is 11.6. The Balaban J connectivity index is 1.32. The highest BCUT2D eigenvalue weighted by Crippen LogP contribution is 2.44. The predicted octanol–water partition coefficient (Wildman–Crippen LogP) is 2.40. The number of carbonyl (C=O) groups excluding carboxylic acids is 8. The summed E-state index contributed by atoms with van der Waals surface area (Å²) in [6, 6.07) is 1.96. The molecule has 0 spiro atoms. The van der Waals surface area contributed by atoms with E-state index in [-0.39, 0.29) is 74.7 Å². The van der Waals surface area contributed by atoms with E-state index in [4.69, 9.17) is 26.2 Å². The van der Waals surface area contributed by atoms with Gasteiger partial charge in [-0.2, -0.15) is 0 Å². The number of carbonyl (C=O) groups is 9. The molecule has 26 nitrogen and oxygen atoms in total. The first kappa shape index (κ1) is 63.5. The highest BCUT2D eigenvalue weighted by Gasteiger charge is 2.36. The monoisotopic (exact) mass is 1160 g/mol. The van der Waals surface area contributed by atoms with E-state index in [1.165, 1.54) is 14.0 Å². The molecule has 13 N–H and O–H groups in total. The summed E-state index contributed by atoms with van der Waals surface area (Å²) in [7, 11) is 1.28. The number of H-pyrrole nitrogens is 2. The first-order valence-electron chi connectivity index (χ1n) is 28.9. The fraction of sp³-hybridized carbons (Fsp3) is 0.552. The van der Waals surface area contributed by atoms with E-state index < -0.39 is 78.2 Å². The number of urea groups is 1. The number of piperazine rings is 1. The maximum absolute atomic E-state index is 14.9. The lowest BCUT2D eigenvalue weighted by atomic mass is 9.85. The van der Waals surface area contributed by atoms with Crippen LogP contribution in [0.5, 0.6) is 0 Å². The van der Waals surface area contributed by atoms with Gasteiger partial charge in [-0.05, 0) is 102 Å². The van der Waals surface area contributed by atoms with Crippen LogP contribution in [-0.2, 0) is 39.9 Å². The second-order valence-electron chi connectivity index (χ2n) is 22.1. The number of nitrogens with one attached hydrogen (secondary N) is 8. The number of aliphatic carboxylic acids is 1. The zero-order valence-electron chi connectivity index (χ0n) is 49.1. The number of rotatable bonds is 10. The minimum atomic E-state index is -1.73. The Morgan fingerprint density at radius 3 is 2.10 bits per heavy atom. The van der Waals surface area contributed by atoms with Crippen molar-refractivity contribution in [2.75, 3.05) is 72.6 Å². The van der Waals surface area contributed by atoms with Crippen molar-refractivity contribution in [3.05, 3.63) is 68.8 Å². The van der Waals surface area contributed by atoms with Crippen LogP contribution in [0.2, 0.25) is 0 Å². The smallest absolute Gasteiger partial charge is 0.315 e. The van der Waals surface area contributed by atoms with E-state index in [1.807, 2.05) is 39.0 Å². The second kappa shape index (κ2) is 28.9. The minimum Gasteiger partial charge on any atom is -0.481 e. The number of ketones is 3. The first-order valence-corrected chi connectivity index (χ1v) is 28.9. The van der Waals surface area contributed by atoms with Gasteiger partial charge in [0.1, 0.15) is 12.1 Å². The minimum absolute atomic E-state index is 0.0136. The third kappa shape index (κ3) is 15.8. The maximum atomic E-state index is 14.9. The van der Waals surface area contributed by atoms with Gasteiger partial charge in [0, 0.05) is 115 Å². The number of carboxylic acids is 1. The molecule has 84 heavy (non-hydrogen) atoms. The number of hydrogen-bond acceptors (Lipinski definition) is 16. The standard InChI is InChI=1S/C58H81N15O11/c1-8-35-30(2)39-27-44-50(34(6)74)32(4)41(66-44)25-40-31(3)36-13-14-47(76)71-70-38(12-9-15-62-57(59)60)55(81)64-29-46(75)54(80)45(28-48(77)78)69-58(83)63-17-11-19-73-22-20-72(21-23-73)18-10-16-61-56(82)51-33(5)42(26-43(35)65-39)68-53(51)37(52(36)67-40)24-49(79)84-7/h25-27,30-31,35-36,38,45,66,68,70H,8-24,28-29H2,1-7H3,(H,61,82)(H,64,81)(H,71,76)(H,77,78)(H4,59,60,62)(H2,63,69,83)/t30?,31?,35-,36+,38+,45+/m1/s1. The lowest BCUT2D eigenvalue weighted by Gasteiger charge is -2.34. The number of aromatic nitrogens is 4. The number of fused-ring (bicyclic) bond motifs is 29. The number of esters is 1. The molecule has 6 atom stereocenters. The molecule has 5 aliphatic heterocycles. The average Bonchev–Trinajstić information content (AvgIpc) is 3.59. The topological polar surface area (TPSA) is 384 Å². The summed E-state index contributed by atoms with van der Waals surface area (Å²) >= 11 is 0. The van der Waals surface area contributed by atoms with Crippen molar-refractivity contribution in [1.82, 2.24) is 61.9 Å². The van der Waals surface area contributed by atoms with Gasteiger partial charge in [-0.1, -0.05) is 20.8 Å². The van der Waals surface area contributed by atoms with Crippen LogP contribution in [0.25, 0.3) is 22.1 Å². The summed E-state index contributed by atoms with van der Waals surface area (Å²) in [5.74, 6) is -7.62. The largest absolute Gasteiger partial charge is 0.481 e. The summed E-state index contributed by atoms with van der Waals surface area (Å²) in [4.78, 5) is 147. The van der Waals surface area contributed by atoms with E-state index in [1.54, 1.807) is 0 Å². The van der Waals surface area contributed by atoms with Gasteiger partial charge in [0.25, 0.3) is 5.91 Å². The SMILES string of the molecule is CC[C@H]1c2cc3[nH]c4c(CC(=O)OC)c5nc(cc6[nH]c(cc(n2)C1C)c(C(C)=O)c6C)C(C)[C@@H]5CCC(=O)NN[C@@H](CCCN=C(N)N)C(=O)NCC(=O)C(=O)[C@H](CC(=O)O)NC(=O)NCCCN1CCN(CCCNC(=O)c4c3C)CC1. The number of aryl methyl sites for hydroxylation is 2. The Hall–Kier alpha value is -8.10. The molecule has 3 aromatic heterocycles. The third-order valence-electron chi connectivity index (χ3n) is 16.4. The molecule has 0 radical (unpaired) electrons. The van der Waals surface area contributed by atoms with Crippen molar-refractivity contribution < 1.29 is 53.0 Å². The Bertz CT molecular complexity index is 3210. The van der Waals surface area contributed by atoms with E-state index in [2.05, 4.69) is 70.7 Å². The Morgan fingerprint density at radius 1 is 0.810 bits per heavy atom. The molecular weight excluding hydrogens is 1080 g/mol. The molecule has 454 valence electrons. The molecule has 3 aromatic rings. The van der Waals surface area contributed by atoms with Crippen LogP contribution in [0, 0.1) is 13.8 Å². The average molecular weight is 1160 g/mol. The molecule has 1 saturated heterocycles. The number of Topliss-reactive ketones (excluding diaryl/α,β-unsaturated/α-hetero) is 3. The number of ether oxygens (including phenoxy) is 1. The predicted molar refractivity (Wildman–Crippen MR) is 313 cm³/mol. The van der Waals surface area contributed by atoms with Gasteiger partial charge in [-0.25, -0.2) is 10.2 Å². The molecule has 26 heteroatoms. The number of carboxylic acid groups (broad SMARTS) is 1. The number of guanidine groups is 1. The van der Waals surface area contributed by atoms with E-state index in [0.29, 0.717) is 93.7 Å². The number of hydrazine groups is 1. The molecule has 5 amide bonds. The van der Waals surface area contributed by atoms with Crippen molar-refractivity contribution in [2.45, 2.75) is 135 Å². The second-order valence-corrected chi connectivity index (χ2v) is 22.1. The summed E-state index contributed by atoms with van der Waals surface area (Å²) in [6.45, 7) is 15.5. The summed E-state index contributed by atoms with van der Waals surface area (Å²) in [6.07, 6.45) is 0.883. The normalized spacial score (nSPS) is 23.7. The highest BCUT2D eigenvalue weighted by atomic mass is 16.5. The van der Waals surface area contributed by atoms with Gasteiger partial charge in [0.15, 0.2) is 11.7 Å². The number of methoxy groups -OCH3 is 1. The van der Waals surface area contributed by atoms with Crippen LogP contribution in [0.4, 0.5) is 4.79 Å². The van der Waals surface area contributed by atoms with E-state index >= 15 is 0 Å². The summed E-state index contributed by atoms with van der Waals surface area (Å²) < 4.78 is 5.33. The van der Waals surface area contributed by atoms with Crippen LogP contribution in [-0.4, -0.2) is 178 Å². The van der Waals surface area contributed by atoms with Crippen LogP contribution in [0.15, 0.2) is 23.2 Å². The van der Waals surface area contributed by atoms with Gasteiger partial charge in [0.2, 0.25) is 23.4 Å². The van der Waals surface area contributed by atoms with Crippen molar-refractivity contribution in [3.8, 4) is 0 Å². The number of nitrogens with two attached hydrogens (primary N) is 2. The molecule has 2 unspecified atom stereocenters. The molecule has 0 aliphatic carbocycles. The maximum Gasteiger partial charge on any atom is 0.315 e. The zero-order chi connectivity index (χ0) is 60.9. The lowest BCUT2D eigenvalue weighted by molar-refractivity contribution is -0.142. The number of hydrogen-bond donors (Lipinski definition) is 11. The fourth-order valence-corrected chi connectivity index (χ4v) is 11.6. The molecule has 8 heterocycles. The third-order valence-corrected chi connectivity index (χ3v) is 16.4. The molecule has 10 bridgehead atoms. The lowest BCUT2D eigenvalue weighted by Crippen LogP contribution is -2.54. The number of nitrogens with zero attached hydrogens (tertiary/aromatic N) is 5. The molecule has 8 rings (SSSR count).